The second-order valence-corrected chi connectivity index (χ2v) is 7.13. The molecule has 0 fully saturated rings. The quantitative estimate of drug-likeness (QED) is 0.493. The fourth-order valence-electron chi connectivity index (χ4n) is 2.53. The van der Waals surface area contributed by atoms with E-state index >= 15 is 0 Å². The number of hydrogen-bond donors (Lipinski definition) is 2. The molecule has 6 heteroatoms. The van der Waals surface area contributed by atoms with Crippen LogP contribution in [0.1, 0.15) is 24.5 Å². The van der Waals surface area contributed by atoms with E-state index in [1.54, 1.807) is 7.11 Å². The van der Waals surface area contributed by atoms with Crippen molar-refractivity contribution in [1.29, 1.82) is 0 Å². The van der Waals surface area contributed by atoms with E-state index in [0.29, 0.717) is 23.1 Å². The summed E-state index contributed by atoms with van der Waals surface area (Å²) in [7, 11) is 1.65. The van der Waals surface area contributed by atoms with Crippen LogP contribution in [0.5, 0.6) is 11.5 Å². The molecule has 0 amide bonds. The van der Waals surface area contributed by atoms with Gasteiger partial charge in [0.1, 0.15) is 6.61 Å². The molecule has 0 bridgehead atoms. The van der Waals surface area contributed by atoms with Gasteiger partial charge in [-0.05, 0) is 65.7 Å². The number of rotatable bonds is 11. The number of methoxy groups -OCH3 is 1. The van der Waals surface area contributed by atoms with Crippen LogP contribution >= 0.6 is 27.5 Å². The molecule has 0 spiro atoms. The third-order valence-electron chi connectivity index (χ3n) is 3.91. The lowest BCUT2D eigenvalue weighted by atomic mass is 10.2. The summed E-state index contributed by atoms with van der Waals surface area (Å²) in [4.78, 5) is 0. The maximum Gasteiger partial charge on any atom is 0.175 e. The molecule has 2 N–H and O–H groups in total. The number of hydrogen-bond acceptors (Lipinski definition) is 4. The molecule has 0 atom stereocenters. The lowest BCUT2D eigenvalue weighted by Crippen LogP contribution is -2.21. The first-order valence-electron chi connectivity index (χ1n) is 8.79. The van der Waals surface area contributed by atoms with E-state index in [1.165, 1.54) is 0 Å². The van der Waals surface area contributed by atoms with Gasteiger partial charge in [0.15, 0.2) is 11.5 Å². The Morgan fingerprint density at radius 2 is 1.88 bits per heavy atom. The monoisotopic (exact) mass is 440 g/mol. The Balaban J connectivity index is 1.96. The van der Waals surface area contributed by atoms with Gasteiger partial charge in [0.05, 0.1) is 11.6 Å². The van der Waals surface area contributed by atoms with Crippen molar-refractivity contribution in [2.45, 2.75) is 26.5 Å². The van der Waals surface area contributed by atoms with Crippen molar-refractivity contribution < 1.29 is 9.47 Å². The van der Waals surface area contributed by atoms with Gasteiger partial charge in [0, 0.05) is 17.1 Å². The maximum absolute atomic E-state index is 6.20. The average Bonchev–Trinajstić information content (AvgIpc) is 2.64. The van der Waals surface area contributed by atoms with E-state index in [2.05, 4.69) is 39.6 Å². The van der Waals surface area contributed by atoms with Crippen molar-refractivity contribution in [3.63, 3.8) is 0 Å². The van der Waals surface area contributed by atoms with Gasteiger partial charge in [-0.1, -0.05) is 36.7 Å². The van der Waals surface area contributed by atoms with Crippen molar-refractivity contribution in [2.75, 3.05) is 26.7 Å². The Morgan fingerprint density at radius 1 is 1.12 bits per heavy atom. The van der Waals surface area contributed by atoms with E-state index in [9.17, 15) is 0 Å². The minimum atomic E-state index is 0.386. The Labute approximate surface area is 169 Å². The zero-order valence-electron chi connectivity index (χ0n) is 15.3. The van der Waals surface area contributed by atoms with Crippen LogP contribution in [0.3, 0.4) is 0 Å². The summed E-state index contributed by atoms with van der Waals surface area (Å²) in [6.07, 6.45) is 1.10. The summed E-state index contributed by atoms with van der Waals surface area (Å²) in [6.45, 7) is 6.30. The largest absolute Gasteiger partial charge is 0.493 e. The van der Waals surface area contributed by atoms with E-state index in [0.717, 1.165) is 48.2 Å². The van der Waals surface area contributed by atoms with Gasteiger partial charge in [0.2, 0.25) is 0 Å². The minimum absolute atomic E-state index is 0.386. The van der Waals surface area contributed by atoms with E-state index in [4.69, 9.17) is 21.1 Å². The second kappa shape index (κ2) is 11.4. The zero-order chi connectivity index (χ0) is 18.8. The predicted octanol–water partition coefficient (Wildman–Crippen LogP) is 4.78. The summed E-state index contributed by atoms with van der Waals surface area (Å²) in [6, 6.07) is 11.7. The highest BCUT2D eigenvalue weighted by Crippen LogP contribution is 2.37. The second-order valence-electron chi connectivity index (χ2n) is 5.87. The molecule has 2 aromatic rings. The molecule has 142 valence electrons. The van der Waals surface area contributed by atoms with Crippen molar-refractivity contribution in [3.05, 3.63) is 57.0 Å². The smallest absolute Gasteiger partial charge is 0.175 e. The standard InChI is InChI=1S/C20H26BrClN2O2/c1-3-23-9-6-10-24-13-15-11-17(21)20(19(12-15)25-2)26-14-16-7-4-5-8-18(16)22/h4-5,7-8,11-12,23-24H,3,6,9-10,13-14H2,1-2H3. The number of halogens is 2. The van der Waals surface area contributed by atoms with Crippen LogP contribution in [0.15, 0.2) is 40.9 Å². The van der Waals surface area contributed by atoms with Crippen molar-refractivity contribution in [1.82, 2.24) is 10.6 Å². The van der Waals surface area contributed by atoms with Crippen LogP contribution in [0.25, 0.3) is 0 Å². The molecule has 0 unspecified atom stereocenters. The molecule has 2 aromatic carbocycles. The fourth-order valence-corrected chi connectivity index (χ4v) is 3.32. The Bertz CT molecular complexity index is 698. The van der Waals surface area contributed by atoms with Crippen molar-refractivity contribution in [3.8, 4) is 11.5 Å². The van der Waals surface area contributed by atoms with Crippen LogP contribution in [0.4, 0.5) is 0 Å². The highest BCUT2D eigenvalue weighted by Gasteiger charge is 2.12. The molecular formula is C20H26BrClN2O2. The summed E-state index contributed by atoms with van der Waals surface area (Å²) < 4.78 is 12.4. The molecule has 0 saturated heterocycles. The van der Waals surface area contributed by atoms with Crippen LogP contribution in [0, 0.1) is 0 Å². The average molecular weight is 442 g/mol. The van der Waals surface area contributed by atoms with Crippen molar-refractivity contribution >= 4 is 27.5 Å². The van der Waals surface area contributed by atoms with Crippen LogP contribution < -0.4 is 20.1 Å². The van der Waals surface area contributed by atoms with Gasteiger partial charge in [-0.25, -0.2) is 0 Å². The van der Waals surface area contributed by atoms with Crippen LogP contribution in [-0.4, -0.2) is 26.7 Å². The van der Waals surface area contributed by atoms with Gasteiger partial charge in [0.25, 0.3) is 0 Å². The van der Waals surface area contributed by atoms with Crippen LogP contribution in [-0.2, 0) is 13.2 Å². The number of ether oxygens (including phenoxy) is 2. The molecule has 0 aromatic heterocycles. The fraction of sp³-hybridized carbons (Fsp3) is 0.400. The first kappa shape index (κ1) is 21.0. The molecule has 0 aliphatic rings. The lowest BCUT2D eigenvalue weighted by molar-refractivity contribution is 0.282. The maximum atomic E-state index is 6.20. The molecule has 4 nitrogen and oxygen atoms in total. The summed E-state index contributed by atoms with van der Waals surface area (Å²) in [5.41, 5.74) is 2.08. The first-order chi connectivity index (χ1) is 12.7. The summed E-state index contributed by atoms with van der Waals surface area (Å²) >= 11 is 9.79. The molecular weight excluding hydrogens is 416 g/mol. The van der Waals surface area contributed by atoms with Crippen LogP contribution in [0.2, 0.25) is 5.02 Å². The van der Waals surface area contributed by atoms with Gasteiger partial charge >= 0.3 is 0 Å². The molecule has 0 aliphatic carbocycles. The molecule has 0 saturated carbocycles. The highest BCUT2D eigenvalue weighted by molar-refractivity contribution is 9.10. The Kier molecular flexibility index (Phi) is 9.26. The summed E-state index contributed by atoms with van der Waals surface area (Å²) in [5.74, 6) is 1.39. The summed E-state index contributed by atoms with van der Waals surface area (Å²) in [5, 5.41) is 7.46. The lowest BCUT2D eigenvalue weighted by Gasteiger charge is -2.15. The minimum Gasteiger partial charge on any atom is -0.493 e. The number of benzene rings is 2. The molecule has 2 rings (SSSR count). The highest BCUT2D eigenvalue weighted by atomic mass is 79.9. The Hall–Kier alpha value is -1.27. The van der Waals surface area contributed by atoms with E-state index < -0.39 is 0 Å². The third kappa shape index (κ3) is 6.47. The van der Waals surface area contributed by atoms with Gasteiger partial charge in [-0.3, -0.25) is 0 Å². The number of nitrogens with one attached hydrogen (secondary N) is 2. The van der Waals surface area contributed by atoms with Crippen molar-refractivity contribution in [2.24, 2.45) is 0 Å². The van der Waals surface area contributed by atoms with Gasteiger partial charge in [-0.15, -0.1) is 0 Å². The van der Waals surface area contributed by atoms with E-state index in [-0.39, 0.29) is 0 Å². The molecule has 0 aliphatic heterocycles. The Morgan fingerprint density at radius 3 is 2.62 bits per heavy atom. The zero-order valence-corrected chi connectivity index (χ0v) is 17.6. The van der Waals surface area contributed by atoms with Gasteiger partial charge in [-0.2, -0.15) is 0 Å². The molecule has 0 radical (unpaired) electrons. The topological polar surface area (TPSA) is 42.5 Å². The van der Waals surface area contributed by atoms with E-state index in [1.807, 2.05) is 30.3 Å². The molecule has 0 heterocycles. The SMILES string of the molecule is CCNCCCNCc1cc(Br)c(OCc2ccccc2Cl)c(OC)c1. The third-order valence-corrected chi connectivity index (χ3v) is 4.86. The predicted molar refractivity (Wildman–Crippen MR) is 111 cm³/mol. The normalized spacial score (nSPS) is 10.8. The molecule has 26 heavy (non-hydrogen) atoms. The van der Waals surface area contributed by atoms with Gasteiger partial charge < -0.3 is 20.1 Å². The first-order valence-corrected chi connectivity index (χ1v) is 9.96.